The highest BCUT2D eigenvalue weighted by atomic mass is 19.3. The van der Waals surface area contributed by atoms with E-state index in [0.29, 0.717) is 13.2 Å². The zero-order chi connectivity index (χ0) is 15.4. The van der Waals surface area contributed by atoms with Gasteiger partial charge in [-0.15, -0.1) is 0 Å². The lowest BCUT2D eigenvalue weighted by atomic mass is 10.2. The first-order valence-corrected chi connectivity index (χ1v) is 6.43. The van der Waals surface area contributed by atoms with Crippen molar-refractivity contribution >= 4 is 11.8 Å². The summed E-state index contributed by atoms with van der Waals surface area (Å²) >= 11 is 0. The van der Waals surface area contributed by atoms with E-state index in [1.165, 1.54) is 16.8 Å². The van der Waals surface area contributed by atoms with Crippen molar-refractivity contribution in [2.45, 2.75) is 31.9 Å². The van der Waals surface area contributed by atoms with Gasteiger partial charge in [0.05, 0.1) is 12.6 Å². The molecule has 0 saturated carbocycles. The van der Waals surface area contributed by atoms with Gasteiger partial charge in [0.2, 0.25) is 5.90 Å². The van der Waals surface area contributed by atoms with Gasteiger partial charge in [0.1, 0.15) is 0 Å². The molecular weight excluding hydrogens is 284 g/mol. The third-order valence-electron chi connectivity index (χ3n) is 3.09. The maximum absolute atomic E-state index is 12.1. The second kappa shape index (κ2) is 6.57. The number of ether oxygens (including phenoxy) is 2. The molecule has 6 nitrogen and oxygen atoms in total. The molecule has 1 atom stereocenters. The quantitative estimate of drug-likeness (QED) is 0.654. The Labute approximate surface area is 119 Å². The lowest BCUT2D eigenvalue weighted by Crippen LogP contribution is -2.27. The molecule has 114 valence electrons. The van der Waals surface area contributed by atoms with Gasteiger partial charge >= 0.3 is 6.43 Å². The van der Waals surface area contributed by atoms with Crippen LogP contribution in [0.2, 0.25) is 0 Å². The van der Waals surface area contributed by atoms with Gasteiger partial charge in [-0.25, -0.2) is 0 Å². The first-order chi connectivity index (χ1) is 9.97. The number of hydrogen-bond donors (Lipinski definition) is 2. The predicted molar refractivity (Wildman–Crippen MR) is 71.3 cm³/mol. The Bertz CT molecular complexity index is 595. The fourth-order valence-electron chi connectivity index (χ4n) is 2.02. The minimum absolute atomic E-state index is 0.00346. The number of halogens is 2. The minimum Gasteiger partial charge on any atom is -0.419 e. The average molecular weight is 299 g/mol. The fourth-order valence-corrected chi connectivity index (χ4v) is 2.02. The normalized spacial score (nSPS) is 18.0. The Hall–Kier alpha value is -2.09. The van der Waals surface area contributed by atoms with Crippen molar-refractivity contribution < 1.29 is 18.3 Å². The van der Waals surface area contributed by atoms with E-state index < -0.39 is 18.2 Å². The molecule has 2 rings (SSSR count). The lowest BCUT2D eigenvalue weighted by molar-refractivity contribution is 0.0961. The molecule has 1 aromatic heterocycles. The molecule has 8 heteroatoms. The summed E-state index contributed by atoms with van der Waals surface area (Å²) in [7, 11) is 0. The maximum atomic E-state index is 12.1. The Morgan fingerprint density at radius 3 is 2.86 bits per heavy atom. The average Bonchev–Trinajstić information content (AvgIpc) is 2.93. The number of hydrogen-bond acceptors (Lipinski definition) is 5. The molecular formula is C13H15F2N3O3. The van der Waals surface area contributed by atoms with E-state index in [2.05, 4.69) is 4.74 Å². The van der Waals surface area contributed by atoms with Crippen molar-refractivity contribution in [3.05, 3.63) is 34.2 Å². The summed E-state index contributed by atoms with van der Waals surface area (Å²) in [5.41, 5.74) is -0.325. The molecule has 0 spiro atoms. The van der Waals surface area contributed by atoms with E-state index in [0.717, 1.165) is 18.9 Å². The van der Waals surface area contributed by atoms with Gasteiger partial charge < -0.3 is 14.0 Å². The topological polar surface area (TPSA) is 88.2 Å². The molecule has 2 N–H and O–H groups in total. The molecule has 1 aromatic rings. The van der Waals surface area contributed by atoms with E-state index in [9.17, 15) is 13.6 Å². The molecule has 0 aromatic carbocycles. The van der Waals surface area contributed by atoms with Crippen LogP contribution < -0.4 is 5.56 Å². The number of alkyl halides is 2. The molecule has 2 heterocycles. The number of pyridine rings is 1. The summed E-state index contributed by atoms with van der Waals surface area (Å²) in [6.07, 6.45) is 0.217. The Balaban J connectivity index is 2.05. The summed E-state index contributed by atoms with van der Waals surface area (Å²) in [6, 6.07) is 2.54. The van der Waals surface area contributed by atoms with Gasteiger partial charge in [0, 0.05) is 24.4 Å². The van der Waals surface area contributed by atoms with Crippen LogP contribution >= 0.6 is 0 Å². The van der Waals surface area contributed by atoms with Crippen molar-refractivity contribution in [1.29, 1.82) is 10.8 Å². The molecule has 0 amide bonds. The van der Waals surface area contributed by atoms with Crippen LogP contribution in [0, 0.1) is 10.8 Å². The van der Waals surface area contributed by atoms with E-state index in [1.807, 2.05) is 0 Å². The highest BCUT2D eigenvalue weighted by Crippen LogP contribution is 2.13. The Kier molecular flexibility index (Phi) is 4.79. The SMILES string of the molecule is N=C(OC(=N)C(F)F)c1ccn(CC2CCCO2)c(=O)c1. The molecule has 0 aliphatic carbocycles. The summed E-state index contributed by atoms with van der Waals surface area (Å²) < 4.78 is 35.5. The van der Waals surface area contributed by atoms with Crippen molar-refractivity contribution in [3.8, 4) is 0 Å². The van der Waals surface area contributed by atoms with Crippen molar-refractivity contribution in [3.63, 3.8) is 0 Å². The first-order valence-electron chi connectivity index (χ1n) is 6.43. The largest absolute Gasteiger partial charge is 0.419 e. The van der Waals surface area contributed by atoms with Crippen LogP contribution in [-0.4, -0.2) is 35.5 Å². The van der Waals surface area contributed by atoms with E-state index in [1.54, 1.807) is 0 Å². The van der Waals surface area contributed by atoms with Crippen LogP contribution in [0.1, 0.15) is 18.4 Å². The van der Waals surface area contributed by atoms with Crippen LogP contribution in [-0.2, 0) is 16.0 Å². The van der Waals surface area contributed by atoms with Crippen molar-refractivity contribution in [2.24, 2.45) is 0 Å². The third-order valence-corrected chi connectivity index (χ3v) is 3.09. The van der Waals surface area contributed by atoms with E-state index >= 15 is 0 Å². The molecule has 1 saturated heterocycles. The van der Waals surface area contributed by atoms with Gasteiger partial charge in [0.15, 0.2) is 0 Å². The maximum Gasteiger partial charge on any atom is 0.312 e. The van der Waals surface area contributed by atoms with Crippen LogP contribution in [0.5, 0.6) is 0 Å². The number of rotatable bonds is 4. The highest BCUT2D eigenvalue weighted by molar-refractivity contribution is 5.99. The van der Waals surface area contributed by atoms with Gasteiger partial charge in [-0.05, 0) is 18.9 Å². The third kappa shape index (κ3) is 3.94. The zero-order valence-electron chi connectivity index (χ0n) is 11.1. The molecule has 0 radical (unpaired) electrons. The van der Waals surface area contributed by atoms with Crippen LogP contribution in [0.15, 0.2) is 23.1 Å². The molecule has 1 fully saturated rings. The van der Waals surface area contributed by atoms with Gasteiger partial charge in [0.25, 0.3) is 11.5 Å². The summed E-state index contributed by atoms with van der Waals surface area (Å²) in [6.45, 7) is 1.10. The molecule has 1 aliphatic rings. The highest BCUT2D eigenvalue weighted by Gasteiger charge is 2.18. The van der Waals surface area contributed by atoms with Gasteiger partial charge in [-0.3, -0.25) is 15.6 Å². The molecule has 1 aliphatic heterocycles. The Morgan fingerprint density at radius 2 is 2.29 bits per heavy atom. The first kappa shape index (κ1) is 15.3. The predicted octanol–water partition coefficient (Wildman–Crippen LogP) is 1.61. The Morgan fingerprint density at radius 1 is 1.52 bits per heavy atom. The van der Waals surface area contributed by atoms with Crippen LogP contribution in [0.3, 0.4) is 0 Å². The van der Waals surface area contributed by atoms with Crippen LogP contribution in [0.4, 0.5) is 8.78 Å². The molecule has 0 bridgehead atoms. The second-order valence-electron chi connectivity index (χ2n) is 4.64. The zero-order valence-corrected chi connectivity index (χ0v) is 11.1. The van der Waals surface area contributed by atoms with Gasteiger partial charge in [-0.1, -0.05) is 0 Å². The molecule has 21 heavy (non-hydrogen) atoms. The van der Waals surface area contributed by atoms with Crippen molar-refractivity contribution in [1.82, 2.24) is 4.57 Å². The fraction of sp³-hybridized carbons (Fsp3) is 0.462. The van der Waals surface area contributed by atoms with Crippen molar-refractivity contribution in [2.75, 3.05) is 6.61 Å². The standard InChI is InChI=1S/C13H15F2N3O3/c14-11(15)13(17)21-12(16)8-3-4-18(10(19)6-8)7-9-2-1-5-20-9/h3-4,6,9,11,16-17H,1-2,5,7H2. The number of nitrogens with zero attached hydrogens (tertiary/aromatic N) is 1. The van der Waals surface area contributed by atoms with E-state index in [4.69, 9.17) is 15.6 Å². The minimum atomic E-state index is -3.09. The lowest BCUT2D eigenvalue weighted by Gasteiger charge is -2.12. The smallest absolute Gasteiger partial charge is 0.312 e. The number of aromatic nitrogens is 1. The van der Waals surface area contributed by atoms with Crippen LogP contribution in [0.25, 0.3) is 0 Å². The van der Waals surface area contributed by atoms with E-state index in [-0.39, 0.29) is 17.2 Å². The second-order valence-corrected chi connectivity index (χ2v) is 4.64. The monoisotopic (exact) mass is 299 g/mol. The summed E-state index contributed by atoms with van der Waals surface area (Å²) in [4.78, 5) is 11.9. The number of nitrogens with one attached hydrogen (secondary N) is 2. The molecule has 1 unspecified atom stereocenters. The van der Waals surface area contributed by atoms with Gasteiger partial charge in [-0.2, -0.15) is 8.78 Å². The summed E-state index contributed by atoms with van der Waals surface area (Å²) in [5, 5.41) is 14.3. The summed E-state index contributed by atoms with van der Waals surface area (Å²) in [5.74, 6) is -1.97.